The molecule has 0 fully saturated rings. The van der Waals surface area contributed by atoms with Gasteiger partial charge in [0, 0.05) is 5.39 Å². The number of rotatable bonds is 1. The van der Waals surface area contributed by atoms with Crippen LogP contribution >= 0.6 is 0 Å². The second kappa shape index (κ2) is 2.89. The zero-order valence-corrected chi connectivity index (χ0v) is 7.02. The highest BCUT2D eigenvalue weighted by atomic mass is 16.4. The lowest BCUT2D eigenvalue weighted by Gasteiger charge is -1.88. The molecule has 0 saturated heterocycles. The lowest BCUT2D eigenvalue weighted by atomic mass is 10.2. The summed E-state index contributed by atoms with van der Waals surface area (Å²) >= 11 is 0. The summed E-state index contributed by atoms with van der Waals surface area (Å²) in [5.41, 5.74) is 0.669. The van der Waals surface area contributed by atoms with Crippen molar-refractivity contribution in [2.45, 2.75) is 0 Å². The monoisotopic (exact) mass is 187 g/mol. The molecule has 2 aromatic rings. The van der Waals surface area contributed by atoms with Crippen LogP contribution in [0, 0.1) is 11.3 Å². The van der Waals surface area contributed by atoms with E-state index < -0.39 is 5.97 Å². The van der Waals surface area contributed by atoms with Gasteiger partial charge in [0.05, 0.1) is 5.56 Å². The van der Waals surface area contributed by atoms with Gasteiger partial charge in [-0.05, 0) is 12.1 Å². The fourth-order valence-corrected chi connectivity index (χ4v) is 1.26. The summed E-state index contributed by atoms with van der Waals surface area (Å²) < 4.78 is 5.03. The predicted octanol–water partition coefficient (Wildman–Crippen LogP) is 2.00. The third-order valence-electron chi connectivity index (χ3n) is 1.88. The summed E-state index contributed by atoms with van der Waals surface area (Å²) in [4.78, 5) is 10.6. The molecule has 0 bridgehead atoms. The molecule has 4 heteroatoms. The van der Waals surface area contributed by atoms with E-state index in [4.69, 9.17) is 14.8 Å². The van der Waals surface area contributed by atoms with Crippen molar-refractivity contribution in [2.24, 2.45) is 0 Å². The molecule has 0 spiro atoms. The van der Waals surface area contributed by atoms with E-state index in [0.29, 0.717) is 16.5 Å². The number of fused-ring (bicyclic) bond motifs is 1. The quantitative estimate of drug-likeness (QED) is 0.740. The van der Waals surface area contributed by atoms with Crippen LogP contribution in [0.4, 0.5) is 0 Å². The fourth-order valence-electron chi connectivity index (χ4n) is 1.26. The van der Waals surface area contributed by atoms with Crippen molar-refractivity contribution in [3.05, 3.63) is 35.6 Å². The van der Waals surface area contributed by atoms with Gasteiger partial charge < -0.3 is 9.52 Å². The first-order valence-electron chi connectivity index (χ1n) is 3.88. The normalized spacial score (nSPS) is 9.93. The number of hydrogen-bond donors (Lipinski definition) is 1. The van der Waals surface area contributed by atoms with Crippen LogP contribution in [0.2, 0.25) is 0 Å². The number of carboxylic acids is 1. The third kappa shape index (κ3) is 1.12. The SMILES string of the molecule is N#Cc1cccc2cc(C(=O)O)oc12. The van der Waals surface area contributed by atoms with E-state index >= 15 is 0 Å². The molecule has 1 heterocycles. The van der Waals surface area contributed by atoms with Gasteiger partial charge in [0.15, 0.2) is 5.58 Å². The second-order valence-corrected chi connectivity index (χ2v) is 2.75. The molecule has 0 atom stereocenters. The van der Waals surface area contributed by atoms with E-state index in [1.54, 1.807) is 18.2 Å². The Bertz CT molecular complexity index is 548. The molecule has 68 valence electrons. The smallest absolute Gasteiger partial charge is 0.371 e. The summed E-state index contributed by atoms with van der Waals surface area (Å²) in [5, 5.41) is 18.0. The topological polar surface area (TPSA) is 74.2 Å². The van der Waals surface area contributed by atoms with Crippen LogP contribution in [0.1, 0.15) is 16.1 Å². The van der Waals surface area contributed by atoms with Gasteiger partial charge in [-0.2, -0.15) is 5.26 Å². The Morgan fingerprint density at radius 2 is 2.29 bits per heavy atom. The molecule has 14 heavy (non-hydrogen) atoms. The second-order valence-electron chi connectivity index (χ2n) is 2.75. The molecular formula is C10H5NO3. The first-order valence-corrected chi connectivity index (χ1v) is 3.88. The maximum Gasteiger partial charge on any atom is 0.371 e. The Morgan fingerprint density at radius 1 is 1.50 bits per heavy atom. The Kier molecular flexibility index (Phi) is 1.72. The number of nitriles is 1. The van der Waals surface area contributed by atoms with Crippen LogP contribution in [0.3, 0.4) is 0 Å². The highest BCUT2D eigenvalue weighted by Crippen LogP contribution is 2.22. The number of para-hydroxylation sites is 1. The molecule has 4 nitrogen and oxygen atoms in total. The summed E-state index contributed by atoms with van der Waals surface area (Å²) in [6.45, 7) is 0. The van der Waals surface area contributed by atoms with Gasteiger partial charge in [0.25, 0.3) is 0 Å². The van der Waals surface area contributed by atoms with E-state index in [1.807, 2.05) is 6.07 Å². The van der Waals surface area contributed by atoms with E-state index in [9.17, 15) is 4.79 Å². The Labute approximate surface area is 79.0 Å². The number of hydrogen-bond acceptors (Lipinski definition) is 3. The maximum atomic E-state index is 10.6. The van der Waals surface area contributed by atoms with Crippen LogP contribution < -0.4 is 0 Å². The van der Waals surface area contributed by atoms with Crippen LogP contribution in [-0.2, 0) is 0 Å². The molecule has 0 saturated carbocycles. The zero-order valence-electron chi connectivity index (χ0n) is 7.02. The summed E-state index contributed by atoms with van der Waals surface area (Å²) in [6.07, 6.45) is 0. The maximum absolute atomic E-state index is 10.6. The van der Waals surface area contributed by atoms with Crippen LogP contribution in [0.15, 0.2) is 28.7 Å². The third-order valence-corrected chi connectivity index (χ3v) is 1.88. The average molecular weight is 187 g/mol. The fraction of sp³-hybridized carbons (Fsp3) is 0. The van der Waals surface area contributed by atoms with Gasteiger partial charge in [0.2, 0.25) is 5.76 Å². The Balaban J connectivity index is 2.78. The Morgan fingerprint density at radius 3 is 2.93 bits per heavy atom. The summed E-state index contributed by atoms with van der Waals surface area (Å²) in [5.74, 6) is -1.28. The molecule has 0 unspecified atom stereocenters. The van der Waals surface area contributed by atoms with E-state index in [0.717, 1.165) is 0 Å². The van der Waals surface area contributed by atoms with E-state index in [1.165, 1.54) is 6.07 Å². The number of benzene rings is 1. The molecule has 0 aliphatic carbocycles. The molecule has 1 aromatic carbocycles. The van der Waals surface area contributed by atoms with Crippen molar-refractivity contribution in [3.63, 3.8) is 0 Å². The Hall–Kier alpha value is -2.28. The first kappa shape index (κ1) is 8.32. The highest BCUT2D eigenvalue weighted by molar-refractivity contribution is 5.93. The molecule has 1 N–H and O–H groups in total. The predicted molar refractivity (Wildman–Crippen MR) is 47.9 cm³/mol. The lowest BCUT2D eigenvalue weighted by molar-refractivity contribution is 0.0665. The average Bonchev–Trinajstić information content (AvgIpc) is 2.60. The molecule has 1 aromatic heterocycles. The van der Waals surface area contributed by atoms with Crippen molar-refractivity contribution < 1.29 is 14.3 Å². The number of furan rings is 1. The van der Waals surface area contributed by atoms with Crippen molar-refractivity contribution in [2.75, 3.05) is 0 Å². The number of carboxylic acid groups (broad SMARTS) is 1. The number of carbonyl (C=O) groups is 1. The molecule has 0 aliphatic heterocycles. The largest absolute Gasteiger partial charge is 0.475 e. The molecular weight excluding hydrogens is 182 g/mol. The minimum Gasteiger partial charge on any atom is -0.475 e. The summed E-state index contributed by atoms with van der Waals surface area (Å²) in [7, 11) is 0. The van der Waals surface area contributed by atoms with Gasteiger partial charge in [-0.3, -0.25) is 0 Å². The van der Waals surface area contributed by atoms with E-state index in [-0.39, 0.29) is 5.76 Å². The van der Waals surface area contributed by atoms with Crippen molar-refractivity contribution in [1.29, 1.82) is 5.26 Å². The standard InChI is InChI=1S/C10H5NO3/c11-5-7-3-1-2-6-4-8(10(12)13)14-9(6)7/h1-4H,(H,12,13). The highest BCUT2D eigenvalue weighted by Gasteiger charge is 2.12. The minimum atomic E-state index is -1.13. The van der Waals surface area contributed by atoms with Crippen LogP contribution in [0.25, 0.3) is 11.0 Å². The molecule has 2 rings (SSSR count). The lowest BCUT2D eigenvalue weighted by Crippen LogP contribution is -1.91. The van der Waals surface area contributed by atoms with Crippen LogP contribution in [0.5, 0.6) is 0 Å². The molecule has 0 amide bonds. The van der Waals surface area contributed by atoms with Gasteiger partial charge in [-0.1, -0.05) is 12.1 Å². The van der Waals surface area contributed by atoms with Crippen molar-refractivity contribution >= 4 is 16.9 Å². The van der Waals surface area contributed by atoms with Crippen molar-refractivity contribution in [1.82, 2.24) is 0 Å². The molecule has 0 aliphatic rings. The van der Waals surface area contributed by atoms with Gasteiger partial charge in [-0.15, -0.1) is 0 Å². The van der Waals surface area contributed by atoms with E-state index in [2.05, 4.69) is 0 Å². The first-order chi connectivity index (χ1) is 6.72. The summed E-state index contributed by atoms with van der Waals surface area (Å²) in [6, 6.07) is 8.30. The molecule has 0 radical (unpaired) electrons. The number of nitrogens with zero attached hydrogens (tertiary/aromatic N) is 1. The zero-order chi connectivity index (χ0) is 10.1. The van der Waals surface area contributed by atoms with Gasteiger partial charge in [-0.25, -0.2) is 4.79 Å². The number of aromatic carboxylic acids is 1. The van der Waals surface area contributed by atoms with Crippen molar-refractivity contribution in [3.8, 4) is 6.07 Å². The minimum absolute atomic E-state index is 0.150. The van der Waals surface area contributed by atoms with Crippen LogP contribution in [-0.4, -0.2) is 11.1 Å². The van der Waals surface area contributed by atoms with Gasteiger partial charge >= 0.3 is 5.97 Å². The van der Waals surface area contributed by atoms with Gasteiger partial charge in [0.1, 0.15) is 6.07 Å².